The first-order chi connectivity index (χ1) is 11.2. The maximum Gasteiger partial charge on any atom is 0.341 e. The van der Waals surface area contributed by atoms with Gasteiger partial charge in [0, 0.05) is 5.39 Å². The van der Waals surface area contributed by atoms with E-state index in [1.54, 1.807) is 30.3 Å². The molecule has 3 heteroatoms. The van der Waals surface area contributed by atoms with Gasteiger partial charge in [-0.05, 0) is 17.0 Å². The summed E-state index contributed by atoms with van der Waals surface area (Å²) >= 11 is 0. The van der Waals surface area contributed by atoms with E-state index in [2.05, 4.69) is 6.58 Å². The highest BCUT2D eigenvalue weighted by molar-refractivity contribution is 5.95. The number of fused-ring (bicyclic) bond motifs is 1. The van der Waals surface area contributed by atoms with Crippen LogP contribution in [0, 0.1) is 0 Å². The smallest absolute Gasteiger partial charge is 0.341 e. The molecule has 0 radical (unpaired) electrons. The van der Waals surface area contributed by atoms with Crippen LogP contribution in [0.3, 0.4) is 0 Å². The maximum atomic E-state index is 12.3. The van der Waals surface area contributed by atoms with Crippen molar-refractivity contribution in [3.63, 3.8) is 0 Å². The van der Waals surface area contributed by atoms with E-state index in [1.165, 1.54) is 0 Å². The van der Waals surface area contributed by atoms with Crippen molar-refractivity contribution in [1.82, 2.24) is 0 Å². The average molecular weight is 304 g/mol. The summed E-state index contributed by atoms with van der Waals surface area (Å²) in [6.45, 7) is 3.68. The Balaban J connectivity index is 1.82. The molecule has 0 unspecified atom stereocenters. The molecule has 114 valence electrons. The lowest BCUT2D eigenvalue weighted by Crippen LogP contribution is -2.16. The Bertz CT molecular complexity index is 848. The summed E-state index contributed by atoms with van der Waals surface area (Å²) in [5.41, 5.74) is 0.608. The maximum absolute atomic E-state index is 12.3. The van der Waals surface area contributed by atoms with E-state index in [1.807, 2.05) is 42.5 Å². The van der Waals surface area contributed by atoms with Crippen LogP contribution in [-0.2, 0) is 4.79 Å². The zero-order valence-corrected chi connectivity index (χ0v) is 12.5. The van der Waals surface area contributed by atoms with Gasteiger partial charge in [0.1, 0.15) is 11.9 Å². The minimum absolute atomic E-state index is 0.00383. The van der Waals surface area contributed by atoms with E-state index in [4.69, 9.17) is 4.74 Å². The van der Waals surface area contributed by atoms with Crippen molar-refractivity contribution >= 4 is 16.7 Å². The van der Waals surface area contributed by atoms with E-state index < -0.39 is 12.1 Å². The number of rotatable bonds is 4. The molecule has 0 fully saturated rings. The van der Waals surface area contributed by atoms with Gasteiger partial charge in [-0.25, -0.2) is 4.79 Å². The standard InChI is InChI=1S/C20H16O3/c1-14(19(21)16-9-3-2-4-10-16)20(22)23-18-13-7-11-15-8-5-6-12-17(15)18/h2-13,19,21H,1H2/t19-/m0/s1. The number of ether oxygens (including phenoxy) is 1. The number of benzene rings is 3. The van der Waals surface area contributed by atoms with Crippen LogP contribution in [-0.4, -0.2) is 11.1 Å². The molecule has 1 atom stereocenters. The number of aliphatic hydroxyl groups excluding tert-OH is 1. The summed E-state index contributed by atoms with van der Waals surface area (Å²) in [6.07, 6.45) is -1.08. The average Bonchev–Trinajstić information content (AvgIpc) is 2.61. The number of carbonyl (C=O) groups excluding carboxylic acids is 1. The summed E-state index contributed by atoms with van der Waals surface area (Å²) in [6, 6.07) is 22.0. The second-order valence-corrected chi connectivity index (χ2v) is 5.21. The van der Waals surface area contributed by atoms with Crippen molar-refractivity contribution in [3.8, 4) is 5.75 Å². The summed E-state index contributed by atoms with van der Waals surface area (Å²) in [5.74, 6) is -0.188. The van der Waals surface area contributed by atoms with Crippen LogP contribution in [0.15, 0.2) is 84.9 Å². The Kier molecular flexibility index (Phi) is 4.22. The number of hydrogen-bond donors (Lipinski definition) is 1. The van der Waals surface area contributed by atoms with Gasteiger partial charge in [-0.15, -0.1) is 0 Å². The molecule has 0 heterocycles. The van der Waals surface area contributed by atoms with Gasteiger partial charge in [0.15, 0.2) is 0 Å². The van der Waals surface area contributed by atoms with Crippen LogP contribution < -0.4 is 4.74 Å². The van der Waals surface area contributed by atoms with E-state index in [0.29, 0.717) is 11.3 Å². The third kappa shape index (κ3) is 3.15. The molecule has 3 nitrogen and oxygen atoms in total. The first kappa shape index (κ1) is 15.0. The van der Waals surface area contributed by atoms with Gasteiger partial charge >= 0.3 is 5.97 Å². The van der Waals surface area contributed by atoms with Gasteiger partial charge in [0.25, 0.3) is 0 Å². The molecule has 0 aliphatic heterocycles. The molecular formula is C20H16O3. The van der Waals surface area contributed by atoms with Crippen molar-refractivity contribution in [1.29, 1.82) is 0 Å². The highest BCUT2D eigenvalue weighted by Crippen LogP contribution is 2.27. The Labute approximate surface area is 134 Å². The topological polar surface area (TPSA) is 46.5 Å². The summed E-state index contributed by atoms with van der Waals surface area (Å²) < 4.78 is 5.43. The molecule has 0 aromatic heterocycles. The van der Waals surface area contributed by atoms with Gasteiger partial charge in [-0.2, -0.15) is 0 Å². The van der Waals surface area contributed by atoms with Crippen molar-refractivity contribution in [2.24, 2.45) is 0 Å². The second-order valence-electron chi connectivity index (χ2n) is 5.21. The molecule has 0 saturated carbocycles. The lowest BCUT2D eigenvalue weighted by molar-refractivity contribution is -0.131. The molecule has 0 bridgehead atoms. The molecule has 23 heavy (non-hydrogen) atoms. The first-order valence-corrected chi connectivity index (χ1v) is 7.28. The number of carbonyl (C=O) groups is 1. The molecule has 0 aliphatic carbocycles. The van der Waals surface area contributed by atoms with Crippen LogP contribution in [0.5, 0.6) is 5.75 Å². The predicted octanol–water partition coefficient (Wildman–Crippen LogP) is 4.04. The monoisotopic (exact) mass is 304 g/mol. The molecule has 0 aliphatic rings. The normalized spacial score (nSPS) is 11.9. The Morgan fingerprint density at radius 3 is 2.35 bits per heavy atom. The zero-order valence-electron chi connectivity index (χ0n) is 12.5. The van der Waals surface area contributed by atoms with Crippen LogP contribution in [0.1, 0.15) is 11.7 Å². The lowest BCUT2D eigenvalue weighted by atomic mass is 10.0. The number of aliphatic hydroxyl groups is 1. The fourth-order valence-electron chi connectivity index (χ4n) is 2.40. The van der Waals surface area contributed by atoms with Gasteiger partial charge in [-0.1, -0.05) is 73.3 Å². The van der Waals surface area contributed by atoms with Gasteiger partial charge < -0.3 is 9.84 Å². The molecular weight excluding hydrogens is 288 g/mol. The van der Waals surface area contributed by atoms with E-state index in [-0.39, 0.29) is 5.57 Å². The van der Waals surface area contributed by atoms with Crippen molar-refractivity contribution < 1.29 is 14.6 Å². The summed E-state index contributed by atoms with van der Waals surface area (Å²) in [7, 11) is 0. The lowest BCUT2D eigenvalue weighted by Gasteiger charge is -2.14. The summed E-state index contributed by atoms with van der Waals surface area (Å²) in [5, 5.41) is 12.1. The number of esters is 1. The molecule has 0 amide bonds. The van der Waals surface area contributed by atoms with Crippen LogP contribution >= 0.6 is 0 Å². The van der Waals surface area contributed by atoms with E-state index >= 15 is 0 Å². The van der Waals surface area contributed by atoms with Gasteiger partial charge in [0.05, 0.1) is 5.57 Å². The van der Waals surface area contributed by atoms with Gasteiger partial charge in [-0.3, -0.25) is 0 Å². The van der Waals surface area contributed by atoms with Gasteiger partial charge in [0.2, 0.25) is 0 Å². The SMILES string of the molecule is C=C(C(=O)Oc1cccc2ccccc12)[C@H](O)c1ccccc1. The number of hydrogen-bond acceptors (Lipinski definition) is 3. The quantitative estimate of drug-likeness (QED) is 0.449. The largest absolute Gasteiger partial charge is 0.422 e. The van der Waals surface area contributed by atoms with Crippen LogP contribution in [0.25, 0.3) is 10.8 Å². The molecule has 1 N–H and O–H groups in total. The molecule has 0 spiro atoms. The Morgan fingerprint density at radius 2 is 1.57 bits per heavy atom. The minimum atomic E-state index is -1.08. The molecule has 3 rings (SSSR count). The van der Waals surface area contributed by atoms with Crippen molar-refractivity contribution in [3.05, 3.63) is 90.5 Å². The highest BCUT2D eigenvalue weighted by Gasteiger charge is 2.20. The fraction of sp³-hybridized carbons (Fsp3) is 0.0500. The van der Waals surface area contributed by atoms with Crippen molar-refractivity contribution in [2.75, 3.05) is 0 Å². The third-order valence-corrected chi connectivity index (χ3v) is 3.66. The van der Waals surface area contributed by atoms with Crippen LogP contribution in [0.2, 0.25) is 0 Å². The predicted molar refractivity (Wildman–Crippen MR) is 90.1 cm³/mol. The van der Waals surface area contributed by atoms with Crippen LogP contribution in [0.4, 0.5) is 0 Å². The van der Waals surface area contributed by atoms with E-state index in [0.717, 1.165) is 10.8 Å². The highest BCUT2D eigenvalue weighted by atomic mass is 16.5. The zero-order chi connectivity index (χ0) is 16.2. The Morgan fingerprint density at radius 1 is 0.913 bits per heavy atom. The minimum Gasteiger partial charge on any atom is -0.422 e. The first-order valence-electron chi connectivity index (χ1n) is 7.28. The fourth-order valence-corrected chi connectivity index (χ4v) is 2.40. The molecule has 3 aromatic carbocycles. The third-order valence-electron chi connectivity index (χ3n) is 3.66. The molecule has 3 aromatic rings. The van der Waals surface area contributed by atoms with Crippen molar-refractivity contribution in [2.45, 2.75) is 6.10 Å². The molecule has 0 saturated heterocycles. The second kappa shape index (κ2) is 6.46. The summed E-state index contributed by atoms with van der Waals surface area (Å²) in [4.78, 5) is 12.3. The van der Waals surface area contributed by atoms with E-state index in [9.17, 15) is 9.90 Å². The Hall–Kier alpha value is -2.91.